The summed E-state index contributed by atoms with van der Waals surface area (Å²) in [7, 11) is 0. The van der Waals surface area contributed by atoms with E-state index in [9.17, 15) is 14.7 Å². The van der Waals surface area contributed by atoms with Crippen LogP contribution in [0.3, 0.4) is 0 Å². The normalized spacial score (nSPS) is 13.7. The summed E-state index contributed by atoms with van der Waals surface area (Å²) in [5.74, 6) is -1.47. The van der Waals surface area contributed by atoms with E-state index in [1.54, 1.807) is 0 Å². The molecule has 0 radical (unpaired) electrons. The lowest BCUT2D eigenvalue weighted by molar-refractivity contribution is -0.155. The van der Waals surface area contributed by atoms with Gasteiger partial charge in [0.15, 0.2) is 0 Å². The smallest absolute Gasteiger partial charge is 0.308 e. The molecule has 0 amide bonds. The number of carbonyl (C=O) groups excluding carboxylic acids is 1. The quantitative estimate of drug-likeness (QED) is 0.403. The first-order valence-electron chi connectivity index (χ1n) is 8.08. The van der Waals surface area contributed by atoms with Crippen LogP contribution in [0.25, 0.3) is 0 Å². The van der Waals surface area contributed by atoms with Crippen LogP contribution in [0.5, 0.6) is 0 Å². The van der Waals surface area contributed by atoms with Gasteiger partial charge >= 0.3 is 11.9 Å². The number of esters is 1. The molecule has 21 heavy (non-hydrogen) atoms. The second-order valence-electron chi connectivity index (χ2n) is 5.56. The Bertz CT molecular complexity index is 290. The molecule has 0 bridgehead atoms. The Morgan fingerprint density at radius 1 is 0.952 bits per heavy atom. The van der Waals surface area contributed by atoms with Gasteiger partial charge in [0.2, 0.25) is 0 Å². The van der Waals surface area contributed by atoms with Gasteiger partial charge in [0.1, 0.15) is 6.10 Å². The third-order valence-electron chi connectivity index (χ3n) is 3.35. The largest absolute Gasteiger partial charge is 0.481 e. The molecule has 0 saturated carbocycles. The van der Waals surface area contributed by atoms with Crippen molar-refractivity contribution in [1.82, 2.24) is 0 Å². The van der Waals surface area contributed by atoms with Gasteiger partial charge in [0.25, 0.3) is 0 Å². The van der Waals surface area contributed by atoms with Crippen LogP contribution in [0, 0.1) is 0 Å². The van der Waals surface area contributed by atoms with Gasteiger partial charge in [-0.2, -0.15) is 0 Å². The van der Waals surface area contributed by atoms with Crippen LogP contribution in [0.1, 0.15) is 78.1 Å². The molecular formula is C16H30O5. The summed E-state index contributed by atoms with van der Waals surface area (Å²) >= 11 is 0. The topological polar surface area (TPSA) is 83.8 Å². The predicted octanol–water partition coefficient (Wildman–Crippen LogP) is 3.28. The van der Waals surface area contributed by atoms with E-state index >= 15 is 0 Å². The van der Waals surface area contributed by atoms with Crippen LogP contribution in [-0.4, -0.2) is 34.4 Å². The molecule has 2 unspecified atom stereocenters. The molecule has 124 valence electrons. The monoisotopic (exact) mass is 302 g/mol. The van der Waals surface area contributed by atoms with Crippen molar-refractivity contribution < 1.29 is 24.5 Å². The highest BCUT2D eigenvalue weighted by Gasteiger charge is 2.19. The number of carboxylic acids is 1. The van der Waals surface area contributed by atoms with Crippen molar-refractivity contribution in [3.63, 3.8) is 0 Å². The van der Waals surface area contributed by atoms with Gasteiger partial charge in [-0.3, -0.25) is 9.59 Å². The van der Waals surface area contributed by atoms with Gasteiger partial charge in [-0.15, -0.1) is 0 Å². The van der Waals surface area contributed by atoms with E-state index in [-0.39, 0.29) is 12.8 Å². The number of ether oxygens (including phenoxy) is 1. The molecule has 0 heterocycles. The number of carboxylic acid groups (broad SMARTS) is 1. The summed E-state index contributed by atoms with van der Waals surface area (Å²) in [5, 5.41) is 18.4. The van der Waals surface area contributed by atoms with Crippen LogP contribution in [-0.2, 0) is 14.3 Å². The molecule has 0 fully saturated rings. The van der Waals surface area contributed by atoms with Gasteiger partial charge in [-0.1, -0.05) is 46.0 Å². The van der Waals surface area contributed by atoms with E-state index in [2.05, 4.69) is 6.92 Å². The zero-order chi connectivity index (χ0) is 16.1. The lowest BCUT2D eigenvalue weighted by Crippen LogP contribution is -2.24. The van der Waals surface area contributed by atoms with E-state index < -0.39 is 24.1 Å². The van der Waals surface area contributed by atoms with Gasteiger partial charge in [-0.25, -0.2) is 0 Å². The average Bonchev–Trinajstić information content (AvgIpc) is 2.37. The Kier molecular flexibility index (Phi) is 12.0. The maximum Gasteiger partial charge on any atom is 0.308 e. The maximum absolute atomic E-state index is 11.7. The fraction of sp³-hybridized carbons (Fsp3) is 0.875. The molecule has 0 aliphatic heterocycles. The van der Waals surface area contributed by atoms with Crippen LogP contribution in [0.4, 0.5) is 0 Å². The molecule has 0 saturated heterocycles. The van der Waals surface area contributed by atoms with Gasteiger partial charge in [0, 0.05) is 0 Å². The van der Waals surface area contributed by atoms with Crippen molar-refractivity contribution in [2.75, 3.05) is 0 Å². The summed E-state index contributed by atoms with van der Waals surface area (Å²) < 4.78 is 5.21. The van der Waals surface area contributed by atoms with Gasteiger partial charge in [-0.05, 0) is 19.3 Å². The Morgan fingerprint density at radius 2 is 1.62 bits per heavy atom. The molecule has 0 rings (SSSR count). The van der Waals surface area contributed by atoms with Gasteiger partial charge < -0.3 is 14.9 Å². The van der Waals surface area contributed by atoms with E-state index in [1.807, 2.05) is 6.92 Å². The number of hydrogen-bond acceptors (Lipinski definition) is 4. The first-order valence-corrected chi connectivity index (χ1v) is 8.08. The Labute approximate surface area is 127 Å². The molecule has 0 aliphatic carbocycles. The SMILES string of the molecule is CCCCCCCC(CC(=O)O)OC(=O)CC(O)CCC. The van der Waals surface area contributed by atoms with Crippen molar-refractivity contribution in [3.8, 4) is 0 Å². The van der Waals surface area contributed by atoms with Crippen LogP contribution in [0.2, 0.25) is 0 Å². The first-order chi connectivity index (χ1) is 9.99. The van der Waals surface area contributed by atoms with Gasteiger partial charge in [0.05, 0.1) is 18.9 Å². The summed E-state index contributed by atoms with van der Waals surface area (Å²) in [4.78, 5) is 22.5. The molecule has 0 spiro atoms. The number of hydrogen-bond donors (Lipinski definition) is 2. The fourth-order valence-corrected chi connectivity index (χ4v) is 2.23. The average molecular weight is 302 g/mol. The van der Waals surface area contributed by atoms with E-state index in [1.165, 1.54) is 6.42 Å². The number of unbranched alkanes of at least 4 members (excludes halogenated alkanes) is 4. The number of aliphatic carboxylic acids is 1. The minimum Gasteiger partial charge on any atom is -0.481 e. The highest BCUT2D eigenvalue weighted by Crippen LogP contribution is 2.14. The standard InChI is InChI=1S/C16H30O5/c1-3-5-6-7-8-10-14(12-15(18)19)21-16(20)11-13(17)9-4-2/h13-14,17H,3-12H2,1-2H3,(H,18,19). The Balaban J connectivity index is 4.09. The number of aliphatic hydroxyl groups excluding tert-OH is 1. The molecule has 5 nitrogen and oxygen atoms in total. The molecule has 5 heteroatoms. The van der Waals surface area contributed by atoms with Crippen LogP contribution >= 0.6 is 0 Å². The summed E-state index contributed by atoms with van der Waals surface area (Å²) in [6, 6.07) is 0. The van der Waals surface area contributed by atoms with Crippen molar-refractivity contribution in [2.24, 2.45) is 0 Å². The van der Waals surface area contributed by atoms with Crippen molar-refractivity contribution in [1.29, 1.82) is 0 Å². The van der Waals surface area contributed by atoms with Crippen molar-refractivity contribution in [2.45, 2.75) is 90.3 Å². The minimum absolute atomic E-state index is 0.0558. The van der Waals surface area contributed by atoms with Crippen molar-refractivity contribution >= 4 is 11.9 Å². The van der Waals surface area contributed by atoms with Crippen molar-refractivity contribution in [3.05, 3.63) is 0 Å². The van der Waals surface area contributed by atoms with E-state index in [4.69, 9.17) is 9.84 Å². The zero-order valence-electron chi connectivity index (χ0n) is 13.3. The van der Waals surface area contributed by atoms with Crippen LogP contribution in [0.15, 0.2) is 0 Å². The highest BCUT2D eigenvalue weighted by atomic mass is 16.5. The third kappa shape index (κ3) is 12.4. The summed E-state index contributed by atoms with van der Waals surface area (Å²) in [5.41, 5.74) is 0. The zero-order valence-corrected chi connectivity index (χ0v) is 13.3. The summed E-state index contributed by atoms with van der Waals surface area (Å²) in [6.45, 7) is 4.06. The molecule has 2 N–H and O–H groups in total. The van der Waals surface area contributed by atoms with E-state index in [0.717, 1.165) is 32.1 Å². The Hall–Kier alpha value is -1.10. The minimum atomic E-state index is -0.963. The lowest BCUT2D eigenvalue weighted by Gasteiger charge is -2.17. The first kappa shape index (κ1) is 19.9. The number of aliphatic hydroxyl groups is 1. The second kappa shape index (κ2) is 12.6. The molecule has 2 atom stereocenters. The molecule has 0 aliphatic rings. The molecular weight excluding hydrogens is 272 g/mol. The number of rotatable bonds is 13. The summed E-state index contributed by atoms with van der Waals surface area (Å²) in [6.07, 6.45) is 5.77. The van der Waals surface area contributed by atoms with E-state index in [0.29, 0.717) is 12.8 Å². The molecule has 0 aromatic carbocycles. The van der Waals surface area contributed by atoms with Crippen LogP contribution < -0.4 is 0 Å². The molecule has 0 aromatic heterocycles. The molecule has 0 aromatic rings. The highest BCUT2D eigenvalue weighted by molar-refractivity contribution is 5.71. The maximum atomic E-state index is 11.7. The fourth-order valence-electron chi connectivity index (χ4n) is 2.23. The Morgan fingerprint density at radius 3 is 2.19 bits per heavy atom. The second-order valence-corrected chi connectivity index (χ2v) is 5.56. The lowest BCUT2D eigenvalue weighted by atomic mass is 10.1. The predicted molar refractivity (Wildman–Crippen MR) is 81.0 cm³/mol. The number of carbonyl (C=O) groups is 2. The third-order valence-corrected chi connectivity index (χ3v) is 3.35.